The molecule has 0 aliphatic carbocycles. The molecule has 7 nitrogen and oxygen atoms in total. The average Bonchev–Trinajstić information content (AvgIpc) is 2.73. The molecule has 0 N–H and O–H groups in total. The van der Waals surface area contributed by atoms with Crippen LogP contribution < -0.4 is 9.47 Å². The Kier molecular flexibility index (Phi) is 8.25. The number of rotatable bonds is 10. The summed E-state index contributed by atoms with van der Waals surface area (Å²) in [6.07, 6.45) is 0. The summed E-state index contributed by atoms with van der Waals surface area (Å²) in [5.41, 5.74) is 1.64. The van der Waals surface area contributed by atoms with Gasteiger partial charge in [0.15, 0.2) is 6.61 Å². The van der Waals surface area contributed by atoms with Gasteiger partial charge in [0.05, 0.1) is 12.0 Å². The number of nitrogens with zero attached hydrogens (tertiary/aromatic N) is 2. The van der Waals surface area contributed by atoms with Gasteiger partial charge in [-0.3, -0.25) is 4.79 Å². The van der Waals surface area contributed by atoms with E-state index in [9.17, 15) is 13.2 Å². The van der Waals surface area contributed by atoms with E-state index in [0.29, 0.717) is 30.9 Å². The molecule has 0 aromatic heterocycles. The summed E-state index contributed by atoms with van der Waals surface area (Å²) in [5, 5.41) is 0. The molecule has 0 saturated carbocycles. The summed E-state index contributed by atoms with van der Waals surface area (Å²) in [6.45, 7) is 6.51. The van der Waals surface area contributed by atoms with Crippen molar-refractivity contribution < 1.29 is 22.7 Å². The van der Waals surface area contributed by atoms with Crippen LogP contribution in [0.1, 0.15) is 25.0 Å². The number of ether oxygens (including phenoxy) is 2. The van der Waals surface area contributed by atoms with Crippen LogP contribution in [0.15, 0.2) is 47.4 Å². The van der Waals surface area contributed by atoms with E-state index in [1.54, 1.807) is 52.0 Å². The number of carbonyl (C=O) groups is 1. The first kappa shape index (κ1) is 23.7. The Hall–Kier alpha value is -2.58. The number of sulfonamides is 1. The van der Waals surface area contributed by atoms with Crippen molar-refractivity contribution in [3.05, 3.63) is 53.6 Å². The Morgan fingerprint density at radius 1 is 1.03 bits per heavy atom. The lowest BCUT2D eigenvalue weighted by Gasteiger charge is -2.20. The minimum Gasteiger partial charge on any atom is -0.497 e. The highest BCUT2D eigenvalue weighted by Gasteiger charge is 2.22. The summed E-state index contributed by atoms with van der Waals surface area (Å²) >= 11 is 0. The Morgan fingerprint density at radius 2 is 1.67 bits per heavy atom. The van der Waals surface area contributed by atoms with Gasteiger partial charge in [0.2, 0.25) is 10.0 Å². The van der Waals surface area contributed by atoms with Crippen LogP contribution in [0.25, 0.3) is 0 Å². The van der Waals surface area contributed by atoms with Crippen molar-refractivity contribution >= 4 is 15.9 Å². The Balaban J connectivity index is 2.00. The maximum Gasteiger partial charge on any atom is 0.260 e. The first-order valence-corrected chi connectivity index (χ1v) is 11.3. The number of benzene rings is 2. The standard InChI is InChI=1S/C22H30N2O5S/c1-6-24(7-2)30(26,27)20-12-13-21(17(3)14-20)29-16-22(25)23(4)15-18-8-10-19(28-5)11-9-18/h8-14H,6-7,15-16H2,1-5H3. The number of carbonyl (C=O) groups excluding carboxylic acids is 1. The van der Waals surface area contributed by atoms with Crippen molar-refractivity contribution in [1.29, 1.82) is 0 Å². The highest BCUT2D eigenvalue weighted by atomic mass is 32.2. The largest absolute Gasteiger partial charge is 0.497 e. The van der Waals surface area contributed by atoms with Gasteiger partial charge >= 0.3 is 0 Å². The van der Waals surface area contributed by atoms with Crippen molar-refractivity contribution in [1.82, 2.24) is 9.21 Å². The van der Waals surface area contributed by atoms with Gasteiger partial charge in [0, 0.05) is 26.7 Å². The molecule has 0 unspecified atom stereocenters. The van der Waals surface area contributed by atoms with Gasteiger partial charge in [-0.1, -0.05) is 26.0 Å². The minimum atomic E-state index is -3.53. The molecule has 2 aromatic carbocycles. The van der Waals surface area contributed by atoms with E-state index in [-0.39, 0.29) is 17.4 Å². The van der Waals surface area contributed by atoms with Crippen LogP contribution in [0.3, 0.4) is 0 Å². The molecule has 0 saturated heterocycles. The quantitative estimate of drug-likeness (QED) is 0.574. The first-order valence-electron chi connectivity index (χ1n) is 9.83. The predicted octanol–water partition coefficient (Wildman–Crippen LogP) is 3.07. The van der Waals surface area contributed by atoms with E-state index in [0.717, 1.165) is 11.3 Å². The molecule has 0 fully saturated rings. The number of hydrogen-bond donors (Lipinski definition) is 0. The van der Waals surface area contributed by atoms with Gasteiger partial charge in [-0.05, 0) is 48.4 Å². The van der Waals surface area contributed by atoms with Gasteiger partial charge in [-0.2, -0.15) is 4.31 Å². The number of aryl methyl sites for hydroxylation is 1. The van der Waals surface area contributed by atoms with E-state index < -0.39 is 10.0 Å². The smallest absolute Gasteiger partial charge is 0.260 e. The number of amides is 1. The molecular formula is C22H30N2O5S. The average molecular weight is 435 g/mol. The van der Waals surface area contributed by atoms with Gasteiger partial charge < -0.3 is 14.4 Å². The SMILES string of the molecule is CCN(CC)S(=O)(=O)c1ccc(OCC(=O)N(C)Cc2ccc(OC)cc2)c(C)c1. The summed E-state index contributed by atoms with van der Waals surface area (Å²) < 4.78 is 37.5. The second-order valence-electron chi connectivity index (χ2n) is 6.90. The monoisotopic (exact) mass is 434 g/mol. The lowest BCUT2D eigenvalue weighted by molar-refractivity contribution is -0.132. The molecule has 0 aliphatic heterocycles. The summed E-state index contributed by atoms with van der Waals surface area (Å²) in [4.78, 5) is 14.2. The van der Waals surface area contributed by atoms with E-state index in [2.05, 4.69) is 0 Å². The van der Waals surface area contributed by atoms with Crippen LogP contribution in [-0.4, -0.2) is 57.4 Å². The zero-order chi connectivity index (χ0) is 22.3. The molecule has 2 aromatic rings. The topological polar surface area (TPSA) is 76.2 Å². The van der Waals surface area contributed by atoms with Crippen molar-refractivity contribution in [2.75, 3.05) is 33.9 Å². The summed E-state index contributed by atoms with van der Waals surface area (Å²) in [6, 6.07) is 12.2. The van der Waals surface area contributed by atoms with Crippen LogP contribution in [0.2, 0.25) is 0 Å². The molecule has 0 radical (unpaired) electrons. The minimum absolute atomic E-state index is 0.129. The van der Waals surface area contributed by atoms with Gasteiger partial charge in [-0.15, -0.1) is 0 Å². The zero-order valence-electron chi connectivity index (χ0n) is 18.2. The second-order valence-corrected chi connectivity index (χ2v) is 8.84. The normalized spacial score (nSPS) is 11.4. The molecule has 0 atom stereocenters. The third kappa shape index (κ3) is 5.73. The fraction of sp³-hybridized carbons (Fsp3) is 0.409. The van der Waals surface area contributed by atoms with E-state index >= 15 is 0 Å². The zero-order valence-corrected chi connectivity index (χ0v) is 19.0. The van der Waals surface area contributed by atoms with Crippen LogP contribution in [0.4, 0.5) is 0 Å². The fourth-order valence-corrected chi connectivity index (χ4v) is 4.54. The molecule has 0 aliphatic rings. The summed E-state index contributed by atoms with van der Waals surface area (Å²) in [7, 11) is -0.214. The Bertz CT molecular complexity index is 954. The van der Waals surface area contributed by atoms with Crippen molar-refractivity contribution in [2.45, 2.75) is 32.2 Å². The molecule has 0 bridgehead atoms. The fourth-order valence-electron chi connectivity index (χ4n) is 3.00. The van der Waals surface area contributed by atoms with E-state index in [1.165, 1.54) is 10.4 Å². The van der Waals surface area contributed by atoms with Crippen molar-refractivity contribution in [3.8, 4) is 11.5 Å². The molecular weight excluding hydrogens is 404 g/mol. The lowest BCUT2D eigenvalue weighted by Crippen LogP contribution is -2.31. The molecule has 30 heavy (non-hydrogen) atoms. The molecule has 0 spiro atoms. The van der Waals surface area contributed by atoms with Crippen molar-refractivity contribution in [2.24, 2.45) is 0 Å². The maximum atomic E-state index is 12.6. The lowest BCUT2D eigenvalue weighted by atomic mass is 10.2. The molecule has 8 heteroatoms. The van der Waals surface area contributed by atoms with Gasteiger partial charge in [0.1, 0.15) is 11.5 Å². The molecule has 0 heterocycles. The first-order chi connectivity index (χ1) is 14.2. The van der Waals surface area contributed by atoms with Gasteiger partial charge in [0.25, 0.3) is 5.91 Å². The van der Waals surface area contributed by atoms with E-state index in [4.69, 9.17) is 9.47 Å². The second kappa shape index (κ2) is 10.4. The molecule has 2 rings (SSSR count). The number of methoxy groups -OCH3 is 1. The third-order valence-electron chi connectivity index (χ3n) is 4.85. The van der Waals surface area contributed by atoms with Crippen LogP contribution in [0, 0.1) is 6.92 Å². The Labute approximate surface area is 179 Å². The highest BCUT2D eigenvalue weighted by Crippen LogP contribution is 2.24. The van der Waals surface area contributed by atoms with Crippen LogP contribution in [0.5, 0.6) is 11.5 Å². The Morgan fingerprint density at radius 3 is 2.20 bits per heavy atom. The van der Waals surface area contributed by atoms with Crippen LogP contribution in [-0.2, 0) is 21.4 Å². The number of hydrogen-bond acceptors (Lipinski definition) is 5. The van der Waals surface area contributed by atoms with Crippen molar-refractivity contribution in [3.63, 3.8) is 0 Å². The highest BCUT2D eigenvalue weighted by molar-refractivity contribution is 7.89. The predicted molar refractivity (Wildman–Crippen MR) is 116 cm³/mol. The number of likely N-dealkylation sites (N-methyl/N-ethyl adjacent to an activating group) is 1. The molecule has 164 valence electrons. The molecule has 1 amide bonds. The van der Waals surface area contributed by atoms with Gasteiger partial charge in [-0.25, -0.2) is 8.42 Å². The third-order valence-corrected chi connectivity index (χ3v) is 6.89. The van der Waals surface area contributed by atoms with E-state index in [1.807, 2.05) is 24.3 Å². The maximum absolute atomic E-state index is 12.6. The summed E-state index contributed by atoms with van der Waals surface area (Å²) in [5.74, 6) is 1.07. The van der Waals surface area contributed by atoms with Crippen LogP contribution >= 0.6 is 0 Å².